The zero-order chi connectivity index (χ0) is 13.9. The molecule has 0 aliphatic carbocycles. The first kappa shape index (κ1) is 12.7. The summed E-state index contributed by atoms with van der Waals surface area (Å²) in [5.41, 5.74) is 10.6. The second-order valence-corrected chi connectivity index (χ2v) is 5.06. The maximum absolute atomic E-state index is 6.01. The van der Waals surface area contributed by atoms with Crippen molar-refractivity contribution >= 4 is 16.7 Å². The van der Waals surface area contributed by atoms with Crippen LogP contribution in [0.25, 0.3) is 22.0 Å². The summed E-state index contributed by atoms with van der Waals surface area (Å²) in [5.74, 6) is 0.659. The Morgan fingerprint density at radius 1 is 0.950 bits per heavy atom. The van der Waals surface area contributed by atoms with Crippen molar-refractivity contribution in [1.82, 2.24) is 4.98 Å². The fourth-order valence-corrected chi connectivity index (χ4v) is 2.51. The van der Waals surface area contributed by atoms with Crippen molar-refractivity contribution in [3.63, 3.8) is 0 Å². The molecule has 0 saturated carbocycles. The van der Waals surface area contributed by atoms with Crippen molar-refractivity contribution in [3.05, 3.63) is 60.2 Å². The Morgan fingerprint density at radius 2 is 1.75 bits per heavy atom. The summed E-state index contributed by atoms with van der Waals surface area (Å²) in [6, 6.07) is 18.9. The van der Waals surface area contributed by atoms with Gasteiger partial charge in [0.25, 0.3) is 0 Å². The summed E-state index contributed by atoms with van der Waals surface area (Å²) < 4.78 is 0. The maximum Gasteiger partial charge on any atom is 0.127 e. The van der Waals surface area contributed by atoms with Crippen LogP contribution >= 0.6 is 0 Å². The topological polar surface area (TPSA) is 38.9 Å². The molecular formula is C18H18N2. The maximum atomic E-state index is 6.01. The SMILES string of the molecule is CCCc1cc2cc(-c3ccccc3)ccc2nc1N. The molecule has 2 nitrogen and oxygen atoms in total. The smallest absolute Gasteiger partial charge is 0.127 e. The van der Waals surface area contributed by atoms with Gasteiger partial charge in [-0.05, 0) is 41.3 Å². The van der Waals surface area contributed by atoms with E-state index < -0.39 is 0 Å². The van der Waals surface area contributed by atoms with E-state index in [-0.39, 0.29) is 0 Å². The predicted octanol–water partition coefficient (Wildman–Crippen LogP) is 4.44. The molecule has 0 atom stereocenters. The molecule has 3 aromatic rings. The van der Waals surface area contributed by atoms with Gasteiger partial charge in [0.15, 0.2) is 0 Å². The van der Waals surface area contributed by atoms with Crippen LogP contribution in [-0.4, -0.2) is 4.98 Å². The molecule has 0 fully saturated rings. The van der Waals surface area contributed by atoms with Gasteiger partial charge in [-0.25, -0.2) is 4.98 Å². The Kier molecular flexibility index (Phi) is 3.38. The molecule has 3 rings (SSSR count). The number of benzene rings is 2. The minimum atomic E-state index is 0.659. The largest absolute Gasteiger partial charge is 0.383 e. The lowest BCUT2D eigenvalue weighted by atomic mass is 10.0. The molecule has 0 aliphatic heterocycles. The summed E-state index contributed by atoms with van der Waals surface area (Å²) in [6.07, 6.45) is 2.06. The van der Waals surface area contributed by atoms with Gasteiger partial charge in [0.2, 0.25) is 0 Å². The Morgan fingerprint density at radius 3 is 2.50 bits per heavy atom. The molecule has 0 spiro atoms. The number of rotatable bonds is 3. The van der Waals surface area contributed by atoms with Crippen LogP contribution < -0.4 is 5.73 Å². The monoisotopic (exact) mass is 262 g/mol. The number of hydrogen-bond acceptors (Lipinski definition) is 2. The van der Waals surface area contributed by atoms with E-state index in [9.17, 15) is 0 Å². The number of nitrogens with zero attached hydrogens (tertiary/aromatic N) is 1. The Bertz CT molecular complexity index is 733. The fraction of sp³-hybridized carbons (Fsp3) is 0.167. The van der Waals surface area contributed by atoms with Crippen molar-refractivity contribution in [3.8, 4) is 11.1 Å². The number of hydrogen-bond donors (Lipinski definition) is 1. The van der Waals surface area contributed by atoms with E-state index in [0.717, 1.165) is 29.3 Å². The minimum Gasteiger partial charge on any atom is -0.383 e. The highest BCUT2D eigenvalue weighted by Gasteiger charge is 2.05. The number of anilines is 1. The Labute approximate surface area is 119 Å². The lowest BCUT2D eigenvalue weighted by molar-refractivity contribution is 0.921. The molecule has 2 heteroatoms. The molecule has 0 radical (unpaired) electrons. The Hall–Kier alpha value is -2.35. The van der Waals surface area contributed by atoms with Gasteiger partial charge in [-0.15, -0.1) is 0 Å². The van der Waals surface area contributed by atoms with Crippen LogP contribution in [0, 0.1) is 0 Å². The molecule has 1 heterocycles. The van der Waals surface area contributed by atoms with Crippen molar-refractivity contribution in [1.29, 1.82) is 0 Å². The highest BCUT2D eigenvalue weighted by molar-refractivity contribution is 5.86. The summed E-state index contributed by atoms with van der Waals surface area (Å²) in [4.78, 5) is 4.51. The molecule has 100 valence electrons. The van der Waals surface area contributed by atoms with E-state index in [1.807, 2.05) is 12.1 Å². The van der Waals surface area contributed by atoms with E-state index in [0.29, 0.717) is 5.82 Å². The van der Waals surface area contributed by atoms with Gasteiger partial charge in [0, 0.05) is 5.39 Å². The van der Waals surface area contributed by atoms with E-state index in [1.165, 1.54) is 11.1 Å². The molecule has 0 bridgehead atoms. The zero-order valence-corrected chi connectivity index (χ0v) is 11.6. The molecule has 1 aromatic heterocycles. The van der Waals surface area contributed by atoms with Gasteiger partial charge in [0.05, 0.1) is 5.52 Å². The first-order valence-electron chi connectivity index (χ1n) is 7.02. The molecule has 0 aliphatic rings. The first-order chi connectivity index (χ1) is 9.78. The zero-order valence-electron chi connectivity index (χ0n) is 11.6. The molecule has 2 N–H and O–H groups in total. The molecule has 0 amide bonds. The quantitative estimate of drug-likeness (QED) is 0.758. The molecular weight excluding hydrogens is 244 g/mol. The lowest BCUT2D eigenvalue weighted by Crippen LogP contribution is -1.98. The number of aryl methyl sites for hydroxylation is 1. The third-order valence-electron chi connectivity index (χ3n) is 3.55. The third-order valence-corrected chi connectivity index (χ3v) is 3.55. The van der Waals surface area contributed by atoms with E-state index >= 15 is 0 Å². The molecule has 0 saturated heterocycles. The summed E-state index contributed by atoms with van der Waals surface area (Å²) in [6.45, 7) is 2.16. The van der Waals surface area contributed by atoms with Crippen molar-refractivity contribution in [2.24, 2.45) is 0 Å². The number of fused-ring (bicyclic) bond motifs is 1. The average molecular weight is 262 g/mol. The Balaban J connectivity index is 2.12. The third kappa shape index (κ3) is 2.37. The van der Waals surface area contributed by atoms with Crippen LogP contribution in [0.1, 0.15) is 18.9 Å². The summed E-state index contributed by atoms with van der Waals surface area (Å²) >= 11 is 0. The highest BCUT2D eigenvalue weighted by atomic mass is 14.8. The molecule has 20 heavy (non-hydrogen) atoms. The van der Waals surface area contributed by atoms with Gasteiger partial charge >= 0.3 is 0 Å². The van der Waals surface area contributed by atoms with E-state index in [4.69, 9.17) is 5.73 Å². The normalized spacial score (nSPS) is 10.8. The van der Waals surface area contributed by atoms with Crippen molar-refractivity contribution in [2.45, 2.75) is 19.8 Å². The number of aromatic nitrogens is 1. The number of nitrogens with two attached hydrogens (primary N) is 1. The van der Waals surface area contributed by atoms with Gasteiger partial charge in [0.1, 0.15) is 5.82 Å². The van der Waals surface area contributed by atoms with Gasteiger partial charge in [-0.2, -0.15) is 0 Å². The summed E-state index contributed by atoms with van der Waals surface area (Å²) in [5, 5.41) is 1.16. The fourth-order valence-electron chi connectivity index (χ4n) is 2.51. The van der Waals surface area contributed by atoms with E-state index in [1.54, 1.807) is 0 Å². The van der Waals surface area contributed by atoms with E-state index in [2.05, 4.69) is 54.4 Å². The molecule has 2 aromatic carbocycles. The van der Waals surface area contributed by atoms with Crippen LogP contribution in [0.4, 0.5) is 5.82 Å². The average Bonchev–Trinajstić information content (AvgIpc) is 2.49. The lowest BCUT2D eigenvalue weighted by Gasteiger charge is -2.08. The standard InChI is InChI=1S/C18H18N2/c1-2-6-15-12-16-11-14(13-7-4-3-5-8-13)9-10-17(16)20-18(15)19/h3-5,7-12H,2,6H2,1H3,(H2,19,20). The van der Waals surface area contributed by atoms with Gasteiger partial charge < -0.3 is 5.73 Å². The number of nitrogen functional groups attached to an aromatic ring is 1. The van der Waals surface area contributed by atoms with Crippen molar-refractivity contribution < 1.29 is 0 Å². The van der Waals surface area contributed by atoms with Gasteiger partial charge in [-0.3, -0.25) is 0 Å². The van der Waals surface area contributed by atoms with Crippen LogP contribution in [0.3, 0.4) is 0 Å². The second-order valence-electron chi connectivity index (χ2n) is 5.06. The van der Waals surface area contributed by atoms with Crippen LogP contribution in [0.2, 0.25) is 0 Å². The minimum absolute atomic E-state index is 0.659. The number of pyridine rings is 1. The van der Waals surface area contributed by atoms with Crippen LogP contribution in [-0.2, 0) is 6.42 Å². The summed E-state index contributed by atoms with van der Waals surface area (Å²) in [7, 11) is 0. The molecule has 0 unspecified atom stereocenters. The second kappa shape index (κ2) is 5.33. The van der Waals surface area contributed by atoms with Gasteiger partial charge in [-0.1, -0.05) is 49.7 Å². The van der Waals surface area contributed by atoms with Crippen LogP contribution in [0.15, 0.2) is 54.6 Å². The highest BCUT2D eigenvalue weighted by Crippen LogP contribution is 2.26. The van der Waals surface area contributed by atoms with Crippen LogP contribution in [0.5, 0.6) is 0 Å². The predicted molar refractivity (Wildman–Crippen MR) is 85.6 cm³/mol. The first-order valence-corrected chi connectivity index (χ1v) is 7.02. The van der Waals surface area contributed by atoms with Crippen molar-refractivity contribution in [2.75, 3.05) is 5.73 Å².